The van der Waals surface area contributed by atoms with Gasteiger partial charge < -0.3 is 4.48 Å². The summed E-state index contributed by atoms with van der Waals surface area (Å²) in [7, 11) is 3.83. The lowest BCUT2D eigenvalue weighted by Gasteiger charge is -2.33. The van der Waals surface area contributed by atoms with Crippen LogP contribution in [0.15, 0.2) is 0 Å². The van der Waals surface area contributed by atoms with Crippen molar-refractivity contribution in [1.29, 1.82) is 0 Å². The first-order chi connectivity index (χ1) is 12.0. The largest absolute Gasteiger partial charge is 0.460 e. The fraction of sp³-hybridized carbons (Fsp3) is 1.00. The second kappa shape index (κ2) is 9.93. The molecule has 1 nitrogen and oxygen atoms in total. The first-order valence-corrected chi connectivity index (χ1v) is 9.77. The summed E-state index contributed by atoms with van der Waals surface area (Å²) >= 11 is 0.830. The summed E-state index contributed by atoms with van der Waals surface area (Å²) in [5.74, 6) is -19.1. The number of hydrogen-bond donors (Lipinski definition) is 0. The van der Waals surface area contributed by atoms with Gasteiger partial charge >= 0.3 is 23.9 Å². The van der Waals surface area contributed by atoms with Crippen molar-refractivity contribution in [2.75, 3.05) is 38.7 Å². The molecule has 0 aliphatic heterocycles. The highest BCUT2D eigenvalue weighted by Crippen LogP contribution is 2.54. The molecule has 0 rings (SSSR count). The summed E-state index contributed by atoms with van der Waals surface area (Å²) in [5.41, 5.74) is 0. The topological polar surface area (TPSA) is 0 Å². The monoisotopic (exact) mass is 436 g/mol. The minimum atomic E-state index is -6.80. The molecule has 0 aromatic carbocycles. The van der Waals surface area contributed by atoms with Crippen LogP contribution >= 0.6 is 11.8 Å². The molecule has 0 aliphatic rings. The molecule has 0 unspecified atom stereocenters. The summed E-state index contributed by atoms with van der Waals surface area (Å²) in [6, 6.07) is 0. The summed E-state index contributed by atoms with van der Waals surface area (Å²) in [4.78, 5) is 0. The first-order valence-electron chi connectivity index (χ1n) is 8.62. The highest BCUT2D eigenvalue weighted by atomic mass is 32.2. The Balaban J connectivity index is 4.47. The Morgan fingerprint density at radius 3 is 1.74 bits per heavy atom. The van der Waals surface area contributed by atoms with Crippen LogP contribution in [-0.4, -0.2) is 67.1 Å². The summed E-state index contributed by atoms with van der Waals surface area (Å²) in [6.07, 6.45) is -4.31. The van der Waals surface area contributed by atoms with Crippen molar-refractivity contribution < 1.29 is 44.0 Å². The van der Waals surface area contributed by atoms with E-state index in [0.29, 0.717) is 16.8 Å². The van der Waals surface area contributed by atoms with Crippen LogP contribution in [0.25, 0.3) is 0 Å². The first kappa shape index (κ1) is 26.7. The van der Waals surface area contributed by atoms with Gasteiger partial charge in [0.2, 0.25) is 0 Å². The molecule has 0 radical (unpaired) electrons. The lowest BCUT2D eigenvalue weighted by molar-refractivity contribution is -0.888. The van der Waals surface area contributed by atoms with E-state index in [2.05, 4.69) is 6.92 Å². The second-order valence-corrected chi connectivity index (χ2v) is 8.38. The number of quaternary nitrogens is 1. The lowest BCUT2D eigenvalue weighted by atomic mass is 10.0. The van der Waals surface area contributed by atoms with Gasteiger partial charge in [-0.2, -0.15) is 51.3 Å². The van der Waals surface area contributed by atoms with E-state index < -0.39 is 36.1 Å². The Labute approximate surface area is 158 Å². The van der Waals surface area contributed by atoms with Crippen molar-refractivity contribution in [3.8, 4) is 0 Å². The predicted molar refractivity (Wildman–Crippen MR) is 88.8 cm³/mol. The maximum Gasteiger partial charge on any atom is 0.460 e. The van der Waals surface area contributed by atoms with Gasteiger partial charge in [0.25, 0.3) is 0 Å². The zero-order valence-corrected chi connectivity index (χ0v) is 16.4. The third-order valence-corrected chi connectivity index (χ3v) is 5.19. The molecule has 0 saturated carbocycles. The van der Waals surface area contributed by atoms with E-state index in [1.54, 1.807) is 0 Å². The Hall–Kier alpha value is -0.320. The smallest absolute Gasteiger partial charge is 0.328 e. The summed E-state index contributed by atoms with van der Waals surface area (Å²) in [6.45, 7) is 3.45. The molecule has 11 heteroatoms. The summed E-state index contributed by atoms with van der Waals surface area (Å²) < 4.78 is 115. The highest BCUT2D eigenvalue weighted by Gasteiger charge is 2.81. The SMILES string of the molecule is CCCCCC[N+](C)(C)CCSCCC(F)(F)C(F)(F)C(F)(F)C(F)(F)F. The van der Waals surface area contributed by atoms with Gasteiger partial charge in [0, 0.05) is 12.2 Å². The van der Waals surface area contributed by atoms with E-state index in [1.807, 2.05) is 14.1 Å². The molecule has 0 fully saturated rings. The van der Waals surface area contributed by atoms with Crippen LogP contribution < -0.4 is 0 Å². The van der Waals surface area contributed by atoms with Crippen molar-refractivity contribution in [2.24, 2.45) is 0 Å². The van der Waals surface area contributed by atoms with Gasteiger partial charge in [0.1, 0.15) is 0 Å². The molecule has 0 amide bonds. The minimum absolute atomic E-state index is 0.304. The molecule has 27 heavy (non-hydrogen) atoms. The van der Waals surface area contributed by atoms with Crippen molar-refractivity contribution in [1.82, 2.24) is 0 Å². The van der Waals surface area contributed by atoms with Crippen LogP contribution in [0.4, 0.5) is 39.5 Å². The Morgan fingerprint density at radius 1 is 0.704 bits per heavy atom. The van der Waals surface area contributed by atoms with Crippen LogP contribution in [0.2, 0.25) is 0 Å². The fourth-order valence-corrected chi connectivity index (χ4v) is 3.49. The van der Waals surface area contributed by atoms with E-state index in [1.165, 1.54) is 0 Å². The molecule has 0 heterocycles. The molecule has 0 spiro atoms. The van der Waals surface area contributed by atoms with Crippen molar-refractivity contribution in [3.05, 3.63) is 0 Å². The molecule has 0 N–H and O–H groups in total. The van der Waals surface area contributed by atoms with Gasteiger partial charge in [-0.15, -0.1) is 0 Å². The van der Waals surface area contributed by atoms with Gasteiger partial charge in [-0.1, -0.05) is 19.8 Å². The number of nitrogens with zero attached hydrogens (tertiary/aromatic N) is 1. The molecular weight excluding hydrogens is 409 g/mol. The van der Waals surface area contributed by atoms with Crippen molar-refractivity contribution in [2.45, 2.75) is 63.0 Å². The summed E-state index contributed by atoms with van der Waals surface area (Å²) in [5, 5.41) is 0. The third kappa shape index (κ3) is 7.55. The maximum absolute atomic E-state index is 13.4. The van der Waals surface area contributed by atoms with Crippen LogP contribution in [0.5, 0.6) is 0 Å². The van der Waals surface area contributed by atoms with Crippen molar-refractivity contribution in [3.63, 3.8) is 0 Å². The zero-order chi connectivity index (χ0) is 21.6. The average Bonchev–Trinajstić information content (AvgIpc) is 2.49. The van der Waals surface area contributed by atoms with Crippen LogP contribution in [0.3, 0.4) is 0 Å². The van der Waals surface area contributed by atoms with E-state index in [-0.39, 0.29) is 0 Å². The Bertz CT molecular complexity index is 436. The van der Waals surface area contributed by atoms with E-state index >= 15 is 0 Å². The molecule has 0 aromatic rings. The van der Waals surface area contributed by atoms with Crippen LogP contribution in [0, 0.1) is 0 Å². The third-order valence-electron chi connectivity index (χ3n) is 4.23. The molecule has 0 atom stereocenters. The van der Waals surface area contributed by atoms with Gasteiger partial charge in [0.15, 0.2) is 0 Å². The number of halogens is 9. The van der Waals surface area contributed by atoms with Gasteiger partial charge in [-0.3, -0.25) is 0 Å². The number of rotatable bonds is 13. The number of hydrogen-bond acceptors (Lipinski definition) is 1. The zero-order valence-electron chi connectivity index (χ0n) is 15.6. The number of thioether (sulfide) groups is 1. The normalized spacial score (nSPS) is 14.7. The molecular formula is C16H27F9NS+. The molecule has 0 aromatic heterocycles. The second-order valence-electron chi connectivity index (χ2n) is 7.16. The highest BCUT2D eigenvalue weighted by molar-refractivity contribution is 7.99. The quantitative estimate of drug-likeness (QED) is 0.187. The molecule has 0 aliphatic carbocycles. The van der Waals surface area contributed by atoms with Gasteiger partial charge in [-0.25, -0.2) is 0 Å². The van der Waals surface area contributed by atoms with Gasteiger partial charge in [0.05, 0.1) is 27.2 Å². The molecule has 0 bridgehead atoms. The van der Waals surface area contributed by atoms with E-state index in [9.17, 15) is 39.5 Å². The van der Waals surface area contributed by atoms with E-state index in [4.69, 9.17) is 0 Å². The maximum atomic E-state index is 13.4. The molecule has 164 valence electrons. The van der Waals surface area contributed by atoms with Crippen LogP contribution in [0.1, 0.15) is 39.0 Å². The molecule has 0 saturated heterocycles. The minimum Gasteiger partial charge on any atom is -0.328 e. The Kier molecular flexibility index (Phi) is 9.82. The predicted octanol–water partition coefficient (Wildman–Crippen LogP) is 6.23. The number of alkyl halides is 9. The van der Waals surface area contributed by atoms with Gasteiger partial charge in [-0.05, 0) is 18.6 Å². The lowest BCUT2D eigenvalue weighted by Crippen LogP contribution is -2.60. The number of unbranched alkanes of at least 4 members (excludes halogenated alkanes) is 3. The Morgan fingerprint density at radius 2 is 1.26 bits per heavy atom. The fourth-order valence-electron chi connectivity index (χ4n) is 2.26. The van der Waals surface area contributed by atoms with Crippen molar-refractivity contribution >= 4 is 11.8 Å². The van der Waals surface area contributed by atoms with Crippen LogP contribution in [-0.2, 0) is 0 Å². The van der Waals surface area contributed by atoms with E-state index in [0.717, 1.165) is 44.0 Å². The standard InChI is InChI=1S/C16H27F9NS/c1-4-5-6-7-9-26(2,3)10-12-27-11-8-13(17,18)14(19,20)15(21,22)16(23,24)25/h4-12H2,1-3H3/q+1. The average molecular weight is 436 g/mol.